The first-order valence-corrected chi connectivity index (χ1v) is 10.5. The molecule has 1 amide bonds. The number of carbonyl (C=O) groups excluding carboxylic acids is 1. The molecule has 5 rings (SSSR count). The summed E-state index contributed by atoms with van der Waals surface area (Å²) in [4.78, 5) is 23.0. The number of aryl methyl sites for hydroxylation is 1. The number of piperidine rings is 1. The normalized spacial score (nSPS) is 14.4. The number of ether oxygens (including phenoxy) is 1. The molecule has 3 heterocycles. The van der Waals surface area contributed by atoms with Crippen molar-refractivity contribution < 1.29 is 9.53 Å². The molecule has 0 atom stereocenters. The Bertz CT molecular complexity index is 1250. The van der Waals surface area contributed by atoms with Crippen molar-refractivity contribution in [2.24, 2.45) is 0 Å². The molecule has 1 fully saturated rings. The first-order valence-electron chi connectivity index (χ1n) is 10.5. The van der Waals surface area contributed by atoms with Crippen LogP contribution >= 0.6 is 0 Å². The lowest BCUT2D eigenvalue weighted by molar-refractivity contribution is 0.0724. The summed E-state index contributed by atoms with van der Waals surface area (Å²) in [6.45, 7) is 3.75. The van der Waals surface area contributed by atoms with E-state index in [0.717, 1.165) is 75.9 Å². The number of benzene rings is 2. The Labute approximate surface area is 175 Å². The van der Waals surface area contributed by atoms with Crippen LogP contribution in [0.3, 0.4) is 0 Å². The van der Waals surface area contributed by atoms with Crippen LogP contribution in [0.5, 0.6) is 5.75 Å². The summed E-state index contributed by atoms with van der Waals surface area (Å²) in [6, 6.07) is 14.2. The fourth-order valence-electron chi connectivity index (χ4n) is 4.48. The van der Waals surface area contributed by atoms with E-state index in [1.807, 2.05) is 42.3 Å². The number of pyridine rings is 1. The number of rotatable bonds is 3. The van der Waals surface area contributed by atoms with E-state index in [1.165, 1.54) is 6.42 Å². The molecule has 5 heteroatoms. The van der Waals surface area contributed by atoms with E-state index in [9.17, 15) is 4.79 Å². The molecular weight excluding hydrogens is 374 g/mol. The van der Waals surface area contributed by atoms with Crippen molar-refractivity contribution >= 4 is 27.8 Å². The number of aromatic amines is 1. The van der Waals surface area contributed by atoms with Crippen LogP contribution in [0.25, 0.3) is 33.1 Å². The topological polar surface area (TPSA) is 58.2 Å². The first-order chi connectivity index (χ1) is 14.7. The standard InChI is InChI=1S/C25H25N3O2/c1-16-13-20-22-19(9-10-21(30-2)23(22)27-24(20)26-15-16)17-7-6-8-18(14-17)25(29)28-11-4-3-5-12-28/h6-10,13-15H,3-5,11-12H2,1-2H3,(H,26,27). The van der Waals surface area contributed by atoms with Crippen molar-refractivity contribution in [3.63, 3.8) is 0 Å². The van der Waals surface area contributed by atoms with Crippen molar-refractivity contribution in [2.45, 2.75) is 26.2 Å². The smallest absolute Gasteiger partial charge is 0.253 e. The predicted molar refractivity (Wildman–Crippen MR) is 120 cm³/mol. The highest BCUT2D eigenvalue weighted by Crippen LogP contribution is 2.39. The van der Waals surface area contributed by atoms with Gasteiger partial charge in [0.2, 0.25) is 0 Å². The van der Waals surface area contributed by atoms with Gasteiger partial charge in [0.15, 0.2) is 0 Å². The Balaban J connectivity index is 1.67. The third-order valence-electron chi connectivity index (χ3n) is 5.99. The lowest BCUT2D eigenvalue weighted by Crippen LogP contribution is -2.35. The number of aromatic nitrogens is 2. The van der Waals surface area contributed by atoms with Crippen LogP contribution in [-0.2, 0) is 0 Å². The molecule has 0 spiro atoms. The third kappa shape index (κ3) is 3.11. The number of hydrogen-bond donors (Lipinski definition) is 1. The Morgan fingerprint density at radius 1 is 1.10 bits per heavy atom. The molecule has 0 saturated carbocycles. The minimum Gasteiger partial charge on any atom is -0.495 e. The molecule has 30 heavy (non-hydrogen) atoms. The highest BCUT2D eigenvalue weighted by Gasteiger charge is 2.20. The third-order valence-corrected chi connectivity index (χ3v) is 5.99. The first kappa shape index (κ1) is 18.7. The van der Waals surface area contributed by atoms with Gasteiger partial charge in [0, 0.05) is 35.6 Å². The van der Waals surface area contributed by atoms with Crippen LogP contribution in [0.15, 0.2) is 48.7 Å². The average Bonchev–Trinajstić information content (AvgIpc) is 3.17. The maximum absolute atomic E-state index is 13.0. The van der Waals surface area contributed by atoms with Crippen LogP contribution in [-0.4, -0.2) is 41.0 Å². The predicted octanol–water partition coefficient (Wildman–Crippen LogP) is 5.33. The quantitative estimate of drug-likeness (QED) is 0.507. The fraction of sp³-hybridized carbons (Fsp3) is 0.280. The van der Waals surface area contributed by atoms with Crippen LogP contribution in [0.1, 0.15) is 35.2 Å². The fourth-order valence-corrected chi connectivity index (χ4v) is 4.48. The van der Waals surface area contributed by atoms with E-state index in [4.69, 9.17) is 4.74 Å². The Kier molecular flexibility index (Phi) is 4.66. The van der Waals surface area contributed by atoms with Gasteiger partial charge < -0.3 is 14.6 Å². The van der Waals surface area contributed by atoms with E-state index < -0.39 is 0 Å². The molecule has 0 unspecified atom stereocenters. The van der Waals surface area contributed by atoms with Gasteiger partial charge in [0.05, 0.1) is 12.6 Å². The molecule has 0 bridgehead atoms. The Morgan fingerprint density at radius 2 is 1.93 bits per heavy atom. The summed E-state index contributed by atoms with van der Waals surface area (Å²) in [7, 11) is 1.68. The van der Waals surface area contributed by atoms with Gasteiger partial charge in [-0.25, -0.2) is 4.98 Å². The monoisotopic (exact) mass is 399 g/mol. The number of nitrogens with one attached hydrogen (secondary N) is 1. The second kappa shape index (κ2) is 7.48. The molecule has 1 N–H and O–H groups in total. The summed E-state index contributed by atoms with van der Waals surface area (Å²) in [5.41, 5.74) is 5.70. The molecule has 2 aromatic carbocycles. The van der Waals surface area contributed by atoms with Gasteiger partial charge in [0.1, 0.15) is 11.4 Å². The molecule has 1 aliphatic heterocycles. The zero-order chi connectivity index (χ0) is 20.7. The number of fused-ring (bicyclic) bond motifs is 3. The van der Waals surface area contributed by atoms with Gasteiger partial charge in [-0.3, -0.25) is 4.79 Å². The molecule has 0 aliphatic carbocycles. The minimum absolute atomic E-state index is 0.123. The van der Waals surface area contributed by atoms with Crippen LogP contribution in [0, 0.1) is 6.92 Å². The summed E-state index contributed by atoms with van der Waals surface area (Å²) in [5, 5.41) is 2.13. The van der Waals surface area contributed by atoms with Crippen LogP contribution in [0.4, 0.5) is 0 Å². The molecular formula is C25H25N3O2. The maximum atomic E-state index is 13.0. The van der Waals surface area contributed by atoms with Gasteiger partial charge in [0.25, 0.3) is 5.91 Å². The summed E-state index contributed by atoms with van der Waals surface area (Å²) >= 11 is 0. The van der Waals surface area contributed by atoms with Crippen LogP contribution < -0.4 is 4.74 Å². The minimum atomic E-state index is 0.123. The molecule has 2 aromatic heterocycles. The highest BCUT2D eigenvalue weighted by molar-refractivity contribution is 6.15. The van der Waals surface area contributed by atoms with E-state index >= 15 is 0 Å². The van der Waals surface area contributed by atoms with Crippen molar-refractivity contribution in [3.8, 4) is 16.9 Å². The highest BCUT2D eigenvalue weighted by atomic mass is 16.5. The average molecular weight is 399 g/mol. The number of likely N-dealkylation sites (tertiary alicyclic amines) is 1. The van der Waals surface area contributed by atoms with Gasteiger partial charge in [-0.1, -0.05) is 12.1 Å². The molecule has 1 saturated heterocycles. The Morgan fingerprint density at radius 3 is 2.73 bits per heavy atom. The lowest BCUT2D eigenvalue weighted by Gasteiger charge is -2.26. The van der Waals surface area contributed by atoms with E-state index in [2.05, 4.69) is 28.2 Å². The lowest BCUT2D eigenvalue weighted by atomic mass is 9.97. The molecule has 5 nitrogen and oxygen atoms in total. The van der Waals surface area contributed by atoms with Crippen molar-refractivity contribution in [1.29, 1.82) is 0 Å². The number of hydrogen-bond acceptors (Lipinski definition) is 3. The second-order valence-corrected chi connectivity index (χ2v) is 8.03. The number of amides is 1. The largest absolute Gasteiger partial charge is 0.495 e. The zero-order valence-corrected chi connectivity index (χ0v) is 17.4. The van der Waals surface area contributed by atoms with Gasteiger partial charge in [-0.2, -0.15) is 0 Å². The number of nitrogens with zero attached hydrogens (tertiary/aromatic N) is 2. The van der Waals surface area contributed by atoms with E-state index in [-0.39, 0.29) is 5.91 Å². The van der Waals surface area contributed by atoms with Crippen molar-refractivity contribution in [2.75, 3.05) is 20.2 Å². The van der Waals surface area contributed by atoms with Crippen molar-refractivity contribution in [1.82, 2.24) is 14.9 Å². The number of H-pyrrole nitrogens is 1. The molecule has 4 aromatic rings. The van der Waals surface area contributed by atoms with E-state index in [0.29, 0.717) is 0 Å². The second-order valence-electron chi connectivity index (χ2n) is 8.03. The van der Waals surface area contributed by atoms with E-state index in [1.54, 1.807) is 7.11 Å². The summed E-state index contributed by atoms with van der Waals surface area (Å²) in [6.07, 6.45) is 5.25. The molecule has 1 aliphatic rings. The number of methoxy groups -OCH3 is 1. The van der Waals surface area contributed by atoms with Crippen LogP contribution in [0.2, 0.25) is 0 Å². The number of carbonyl (C=O) groups is 1. The summed E-state index contributed by atoms with van der Waals surface area (Å²) in [5.74, 6) is 0.905. The Hall–Kier alpha value is -3.34. The maximum Gasteiger partial charge on any atom is 0.253 e. The molecule has 152 valence electrons. The van der Waals surface area contributed by atoms with Gasteiger partial charge in [-0.05, 0) is 73.2 Å². The SMILES string of the molecule is COc1ccc(-c2cccc(C(=O)N3CCCCC3)c2)c2c1[nH]c1ncc(C)cc12. The molecule has 0 radical (unpaired) electrons. The zero-order valence-electron chi connectivity index (χ0n) is 17.4. The van der Waals surface area contributed by atoms with Crippen molar-refractivity contribution in [3.05, 3.63) is 59.8 Å². The van der Waals surface area contributed by atoms with Gasteiger partial charge >= 0.3 is 0 Å². The van der Waals surface area contributed by atoms with Gasteiger partial charge in [-0.15, -0.1) is 0 Å². The summed E-state index contributed by atoms with van der Waals surface area (Å²) < 4.78 is 5.60.